The predicted octanol–water partition coefficient (Wildman–Crippen LogP) is 1.77. The van der Waals surface area contributed by atoms with Gasteiger partial charge in [0.2, 0.25) is 0 Å². The molecule has 10 heavy (non-hydrogen) atoms. The molecular formula is C9H17N. The first-order valence-corrected chi connectivity index (χ1v) is 4.63. The van der Waals surface area contributed by atoms with Crippen LogP contribution in [0.25, 0.3) is 0 Å². The monoisotopic (exact) mass is 139 g/mol. The van der Waals surface area contributed by atoms with Crippen LogP contribution >= 0.6 is 0 Å². The lowest BCUT2D eigenvalue weighted by molar-refractivity contribution is 0.537. The Hall–Kier alpha value is -0.0400. The van der Waals surface area contributed by atoms with E-state index in [9.17, 15) is 0 Å². The van der Waals surface area contributed by atoms with Crippen LogP contribution in [0, 0.1) is 17.8 Å². The zero-order chi connectivity index (χ0) is 6.97. The number of hydrogen-bond donors (Lipinski definition) is 1. The lowest BCUT2D eigenvalue weighted by Crippen LogP contribution is -1.99. The van der Waals surface area contributed by atoms with E-state index in [0.29, 0.717) is 0 Å². The fraction of sp³-hybridized carbons (Fsp3) is 1.00. The summed E-state index contributed by atoms with van der Waals surface area (Å²) >= 11 is 0. The van der Waals surface area contributed by atoms with E-state index in [0.717, 1.165) is 24.3 Å². The Morgan fingerprint density at radius 2 is 1.90 bits per heavy atom. The van der Waals surface area contributed by atoms with Crippen LogP contribution in [0.3, 0.4) is 0 Å². The zero-order valence-corrected chi connectivity index (χ0v) is 6.55. The Morgan fingerprint density at radius 3 is 2.50 bits per heavy atom. The summed E-state index contributed by atoms with van der Waals surface area (Å²) < 4.78 is 0. The van der Waals surface area contributed by atoms with Gasteiger partial charge < -0.3 is 5.73 Å². The van der Waals surface area contributed by atoms with Crippen LogP contribution in [0.5, 0.6) is 0 Å². The van der Waals surface area contributed by atoms with Crippen molar-refractivity contribution in [3.05, 3.63) is 0 Å². The van der Waals surface area contributed by atoms with Gasteiger partial charge in [0, 0.05) is 0 Å². The van der Waals surface area contributed by atoms with Gasteiger partial charge in [-0.25, -0.2) is 0 Å². The van der Waals surface area contributed by atoms with Crippen molar-refractivity contribution in [2.75, 3.05) is 6.54 Å². The molecule has 2 saturated carbocycles. The SMILES string of the molecule is NCCCC1[C@H]2CCC[C@@H]12. The predicted molar refractivity (Wildman–Crippen MR) is 42.6 cm³/mol. The first-order chi connectivity index (χ1) is 4.93. The molecule has 2 aliphatic rings. The molecule has 58 valence electrons. The van der Waals surface area contributed by atoms with Crippen LogP contribution in [-0.2, 0) is 0 Å². The highest BCUT2D eigenvalue weighted by molar-refractivity contribution is 5.00. The van der Waals surface area contributed by atoms with Gasteiger partial charge in [-0.1, -0.05) is 6.42 Å². The van der Waals surface area contributed by atoms with Gasteiger partial charge in [-0.3, -0.25) is 0 Å². The minimum atomic E-state index is 0.899. The number of fused-ring (bicyclic) bond motifs is 1. The molecule has 2 aliphatic carbocycles. The van der Waals surface area contributed by atoms with Crippen LogP contribution in [-0.4, -0.2) is 6.54 Å². The molecule has 1 unspecified atom stereocenters. The normalized spacial score (nSPS) is 43.5. The van der Waals surface area contributed by atoms with E-state index < -0.39 is 0 Å². The van der Waals surface area contributed by atoms with Crippen LogP contribution in [0.15, 0.2) is 0 Å². The molecule has 0 saturated heterocycles. The Morgan fingerprint density at radius 1 is 1.20 bits per heavy atom. The van der Waals surface area contributed by atoms with E-state index in [-0.39, 0.29) is 0 Å². The topological polar surface area (TPSA) is 26.0 Å². The van der Waals surface area contributed by atoms with Crippen LogP contribution in [0.4, 0.5) is 0 Å². The van der Waals surface area contributed by atoms with Gasteiger partial charge in [-0.2, -0.15) is 0 Å². The second-order valence-electron chi connectivity index (χ2n) is 3.85. The summed E-state index contributed by atoms with van der Waals surface area (Å²) in [5, 5.41) is 0. The Labute approximate surface area is 63.0 Å². The molecule has 0 aromatic carbocycles. The summed E-state index contributed by atoms with van der Waals surface area (Å²) in [5.74, 6) is 3.40. The Bertz CT molecular complexity index is 112. The van der Waals surface area contributed by atoms with Gasteiger partial charge in [0.15, 0.2) is 0 Å². The van der Waals surface area contributed by atoms with Crippen molar-refractivity contribution in [3.63, 3.8) is 0 Å². The largest absolute Gasteiger partial charge is 0.330 e. The third-order valence-electron chi connectivity index (χ3n) is 3.33. The first kappa shape index (κ1) is 6.66. The third kappa shape index (κ3) is 0.968. The molecular weight excluding hydrogens is 122 g/mol. The molecule has 0 spiro atoms. The quantitative estimate of drug-likeness (QED) is 0.633. The van der Waals surface area contributed by atoms with E-state index in [2.05, 4.69) is 0 Å². The molecule has 2 N–H and O–H groups in total. The van der Waals surface area contributed by atoms with Gasteiger partial charge >= 0.3 is 0 Å². The van der Waals surface area contributed by atoms with Gasteiger partial charge in [0.25, 0.3) is 0 Å². The molecule has 0 amide bonds. The van der Waals surface area contributed by atoms with Crippen molar-refractivity contribution in [1.82, 2.24) is 0 Å². The highest BCUT2D eigenvalue weighted by atomic mass is 14.6. The summed E-state index contributed by atoms with van der Waals surface area (Å²) in [6.45, 7) is 0.899. The molecule has 1 nitrogen and oxygen atoms in total. The van der Waals surface area contributed by atoms with E-state index in [1.165, 1.54) is 32.1 Å². The maximum atomic E-state index is 5.45. The maximum absolute atomic E-state index is 5.45. The van der Waals surface area contributed by atoms with E-state index >= 15 is 0 Å². The van der Waals surface area contributed by atoms with Crippen LogP contribution in [0.2, 0.25) is 0 Å². The molecule has 2 rings (SSSR count). The highest BCUT2D eigenvalue weighted by Gasteiger charge is 2.51. The lowest BCUT2D eigenvalue weighted by atomic mass is 10.1. The van der Waals surface area contributed by atoms with Gasteiger partial charge in [0.05, 0.1) is 0 Å². The standard InChI is InChI=1S/C9H17N/c10-6-2-5-9-7-3-1-4-8(7)9/h7-9H,1-6,10H2/t7-,8+,9?. The van der Waals surface area contributed by atoms with Crippen molar-refractivity contribution >= 4 is 0 Å². The summed E-state index contributed by atoms with van der Waals surface area (Å²) in [7, 11) is 0. The summed E-state index contributed by atoms with van der Waals surface area (Å²) in [5.41, 5.74) is 5.45. The minimum Gasteiger partial charge on any atom is -0.330 e. The van der Waals surface area contributed by atoms with Crippen molar-refractivity contribution in [1.29, 1.82) is 0 Å². The second-order valence-corrected chi connectivity index (χ2v) is 3.85. The minimum absolute atomic E-state index is 0.899. The number of nitrogens with two attached hydrogens (primary N) is 1. The Kier molecular flexibility index (Phi) is 1.69. The molecule has 3 atom stereocenters. The van der Waals surface area contributed by atoms with E-state index in [1.807, 2.05) is 0 Å². The zero-order valence-electron chi connectivity index (χ0n) is 6.55. The van der Waals surface area contributed by atoms with Crippen molar-refractivity contribution in [2.45, 2.75) is 32.1 Å². The molecule has 0 bridgehead atoms. The molecule has 1 heteroatoms. The average Bonchev–Trinajstić information content (AvgIpc) is 2.46. The molecule has 2 fully saturated rings. The molecule has 0 aromatic rings. The first-order valence-electron chi connectivity index (χ1n) is 4.63. The summed E-state index contributed by atoms with van der Waals surface area (Å²) in [4.78, 5) is 0. The smallest absolute Gasteiger partial charge is 0.00772 e. The van der Waals surface area contributed by atoms with Crippen molar-refractivity contribution in [3.8, 4) is 0 Å². The van der Waals surface area contributed by atoms with E-state index in [4.69, 9.17) is 5.73 Å². The van der Waals surface area contributed by atoms with Crippen LogP contribution in [0.1, 0.15) is 32.1 Å². The number of rotatable bonds is 3. The maximum Gasteiger partial charge on any atom is -0.00772 e. The third-order valence-corrected chi connectivity index (χ3v) is 3.33. The molecule has 0 aromatic heterocycles. The molecule has 0 heterocycles. The lowest BCUT2D eigenvalue weighted by Gasteiger charge is -1.99. The van der Waals surface area contributed by atoms with Crippen molar-refractivity contribution < 1.29 is 0 Å². The summed E-state index contributed by atoms with van der Waals surface area (Å²) in [6.07, 6.45) is 7.25. The second kappa shape index (κ2) is 2.54. The van der Waals surface area contributed by atoms with E-state index in [1.54, 1.807) is 0 Å². The summed E-state index contributed by atoms with van der Waals surface area (Å²) in [6, 6.07) is 0. The molecule has 0 aliphatic heterocycles. The molecule has 0 radical (unpaired) electrons. The highest BCUT2D eigenvalue weighted by Crippen LogP contribution is 2.59. The fourth-order valence-corrected chi connectivity index (χ4v) is 2.75. The number of hydrogen-bond acceptors (Lipinski definition) is 1. The van der Waals surface area contributed by atoms with Crippen molar-refractivity contribution in [2.24, 2.45) is 23.5 Å². The van der Waals surface area contributed by atoms with Crippen LogP contribution < -0.4 is 5.73 Å². The van der Waals surface area contributed by atoms with Gasteiger partial charge in [0.1, 0.15) is 0 Å². The Balaban J connectivity index is 1.69. The average molecular weight is 139 g/mol. The van der Waals surface area contributed by atoms with Gasteiger partial charge in [-0.15, -0.1) is 0 Å². The van der Waals surface area contributed by atoms with Gasteiger partial charge in [-0.05, 0) is 50.0 Å². The fourth-order valence-electron chi connectivity index (χ4n) is 2.75.